The van der Waals surface area contributed by atoms with Crippen molar-refractivity contribution in [3.8, 4) is 5.75 Å². The normalized spacial score (nSPS) is 16.9. The van der Waals surface area contributed by atoms with Crippen LogP contribution in [0.2, 0.25) is 0 Å². The van der Waals surface area contributed by atoms with Gasteiger partial charge >= 0.3 is 0 Å². The molecule has 0 fully saturated rings. The summed E-state index contributed by atoms with van der Waals surface area (Å²) < 4.78 is 26.7. The third-order valence-corrected chi connectivity index (χ3v) is 6.70. The zero-order chi connectivity index (χ0) is 19.1. The molecule has 9 heteroatoms. The monoisotopic (exact) mass is 394 g/mol. The van der Waals surface area contributed by atoms with E-state index in [0.29, 0.717) is 29.5 Å². The standard InChI is InChI=1S/C19H18N6O2S/c20-28(26,17-9-21-22-10-17)16-3-1-13-11-25(23-8-14(13)7-16)12-15-2-4-19-18(24-15)5-6-27-19/h1-4,7-10,20H,5-6,11-12H2,(H,21,22)/t28-/m1/s1. The van der Waals surface area contributed by atoms with Crippen molar-refractivity contribution in [1.29, 1.82) is 4.78 Å². The fourth-order valence-corrected chi connectivity index (χ4v) is 4.65. The number of aromatic nitrogens is 3. The van der Waals surface area contributed by atoms with Crippen LogP contribution in [0.15, 0.2) is 57.6 Å². The molecule has 0 unspecified atom stereocenters. The molecule has 2 N–H and O–H groups in total. The number of hydrogen-bond acceptors (Lipinski definition) is 7. The average molecular weight is 394 g/mol. The Bertz CT molecular complexity index is 1170. The van der Waals surface area contributed by atoms with Crippen molar-refractivity contribution in [1.82, 2.24) is 20.2 Å². The van der Waals surface area contributed by atoms with E-state index in [9.17, 15) is 4.21 Å². The largest absolute Gasteiger partial charge is 0.491 e. The predicted octanol–water partition coefficient (Wildman–Crippen LogP) is 2.55. The second-order valence-corrected chi connectivity index (χ2v) is 8.82. The van der Waals surface area contributed by atoms with Crippen molar-refractivity contribution in [3.63, 3.8) is 0 Å². The minimum atomic E-state index is -3.09. The number of hydrazone groups is 1. The van der Waals surface area contributed by atoms with E-state index >= 15 is 0 Å². The molecule has 0 amide bonds. The number of H-pyrrole nitrogens is 1. The molecule has 2 aliphatic heterocycles. The molecule has 28 heavy (non-hydrogen) atoms. The molecule has 4 heterocycles. The third-order valence-electron chi connectivity index (χ3n) is 4.90. The van der Waals surface area contributed by atoms with Crippen molar-refractivity contribution in [2.75, 3.05) is 6.61 Å². The summed E-state index contributed by atoms with van der Waals surface area (Å²) in [6, 6.07) is 9.39. The van der Waals surface area contributed by atoms with E-state index < -0.39 is 9.73 Å². The van der Waals surface area contributed by atoms with Crippen molar-refractivity contribution in [3.05, 3.63) is 65.2 Å². The van der Waals surface area contributed by atoms with Gasteiger partial charge < -0.3 is 4.74 Å². The number of ether oxygens (including phenoxy) is 1. The van der Waals surface area contributed by atoms with Crippen LogP contribution < -0.4 is 4.74 Å². The minimum Gasteiger partial charge on any atom is -0.491 e. The van der Waals surface area contributed by atoms with Crippen LogP contribution in [0.25, 0.3) is 0 Å². The van der Waals surface area contributed by atoms with Crippen molar-refractivity contribution < 1.29 is 8.95 Å². The van der Waals surface area contributed by atoms with Crippen LogP contribution in [0.5, 0.6) is 5.75 Å². The Labute approximate surface area is 162 Å². The van der Waals surface area contributed by atoms with Crippen LogP contribution in [0, 0.1) is 4.78 Å². The number of nitrogens with one attached hydrogen (secondary N) is 2. The topological polar surface area (TPSA) is 107 Å². The molecule has 0 radical (unpaired) electrons. The molecule has 5 rings (SSSR count). The van der Waals surface area contributed by atoms with E-state index in [2.05, 4.69) is 20.3 Å². The van der Waals surface area contributed by atoms with E-state index in [1.54, 1.807) is 18.3 Å². The zero-order valence-corrected chi connectivity index (χ0v) is 15.8. The molecule has 0 saturated heterocycles. The summed E-state index contributed by atoms with van der Waals surface area (Å²) in [5.41, 5.74) is 3.92. The van der Waals surface area contributed by atoms with Gasteiger partial charge in [0.25, 0.3) is 0 Å². The van der Waals surface area contributed by atoms with Crippen molar-refractivity contribution >= 4 is 15.9 Å². The first-order valence-corrected chi connectivity index (χ1v) is 10.5. The summed E-state index contributed by atoms with van der Waals surface area (Å²) in [4.78, 5) is 5.49. The van der Waals surface area contributed by atoms with Crippen LogP contribution in [0.1, 0.15) is 22.5 Å². The highest BCUT2D eigenvalue weighted by Gasteiger charge is 2.20. The van der Waals surface area contributed by atoms with Gasteiger partial charge in [0.2, 0.25) is 0 Å². The summed E-state index contributed by atoms with van der Waals surface area (Å²) in [6.07, 6.45) is 5.53. The summed E-state index contributed by atoms with van der Waals surface area (Å²) in [5.74, 6) is 0.875. The molecule has 0 spiro atoms. The van der Waals surface area contributed by atoms with Crippen LogP contribution in [-0.4, -0.2) is 37.2 Å². The van der Waals surface area contributed by atoms with E-state index in [1.165, 1.54) is 12.4 Å². The number of rotatable bonds is 4. The number of nitrogens with zero attached hydrogens (tertiary/aromatic N) is 4. The highest BCUT2D eigenvalue weighted by atomic mass is 32.2. The van der Waals surface area contributed by atoms with Gasteiger partial charge in [0.15, 0.2) is 0 Å². The number of aromatic amines is 1. The lowest BCUT2D eigenvalue weighted by Gasteiger charge is -2.24. The fourth-order valence-electron chi connectivity index (χ4n) is 3.40. The number of fused-ring (bicyclic) bond motifs is 2. The maximum absolute atomic E-state index is 12.9. The SMILES string of the molecule is N=[S@](=O)(c1cn[nH]c1)c1ccc2c(c1)C=NN(Cc1ccc3c(n1)CCO3)C2. The molecule has 1 aromatic carbocycles. The lowest BCUT2D eigenvalue weighted by molar-refractivity contribution is 0.264. The molecule has 0 saturated carbocycles. The van der Waals surface area contributed by atoms with Crippen molar-refractivity contribution in [2.24, 2.45) is 5.10 Å². The van der Waals surface area contributed by atoms with Gasteiger partial charge in [0.1, 0.15) is 15.5 Å². The zero-order valence-electron chi connectivity index (χ0n) is 15.0. The molecule has 2 aliphatic rings. The van der Waals surface area contributed by atoms with Gasteiger partial charge in [-0.2, -0.15) is 10.2 Å². The summed E-state index contributed by atoms with van der Waals surface area (Å²) >= 11 is 0. The van der Waals surface area contributed by atoms with Gasteiger partial charge in [-0.15, -0.1) is 0 Å². The summed E-state index contributed by atoms with van der Waals surface area (Å²) in [7, 11) is -3.09. The lowest BCUT2D eigenvalue weighted by atomic mass is 10.1. The first-order chi connectivity index (χ1) is 13.6. The van der Waals surface area contributed by atoms with E-state index in [4.69, 9.17) is 9.52 Å². The number of pyridine rings is 1. The highest BCUT2D eigenvalue weighted by Crippen LogP contribution is 2.27. The fraction of sp³-hybridized carbons (Fsp3) is 0.211. The highest BCUT2D eigenvalue weighted by molar-refractivity contribution is 7.92. The van der Waals surface area contributed by atoms with Crippen LogP contribution in [-0.2, 0) is 29.2 Å². The van der Waals surface area contributed by atoms with Crippen molar-refractivity contribution in [2.45, 2.75) is 29.3 Å². The van der Waals surface area contributed by atoms with E-state index in [1.807, 2.05) is 23.2 Å². The summed E-state index contributed by atoms with van der Waals surface area (Å²) in [5, 5.41) is 12.9. The number of benzene rings is 1. The smallest absolute Gasteiger partial charge is 0.140 e. The van der Waals surface area contributed by atoms with Gasteiger partial charge in [-0.25, -0.2) is 8.99 Å². The Balaban J connectivity index is 1.37. The Kier molecular flexibility index (Phi) is 3.90. The second kappa shape index (κ2) is 6.45. The van der Waals surface area contributed by atoms with E-state index in [-0.39, 0.29) is 0 Å². The molecular formula is C19H18N6O2S. The molecule has 8 nitrogen and oxygen atoms in total. The van der Waals surface area contributed by atoms with Gasteiger partial charge in [-0.3, -0.25) is 15.1 Å². The first kappa shape index (κ1) is 16.9. The maximum atomic E-state index is 12.9. The van der Waals surface area contributed by atoms with Gasteiger partial charge in [-0.1, -0.05) is 6.07 Å². The Morgan fingerprint density at radius 3 is 3.04 bits per heavy atom. The molecule has 1 atom stereocenters. The predicted molar refractivity (Wildman–Crippen MR) is 103 cm³/mol. The van der Waals surface area contributed by atoms with Crippen LogP contribution in [0.4, 0.5) is 0 Å². The van der Waals surface area contributed by atoms with Crippen LogP contribution in [0.3, 0.4) is 0 Å². The summed E-state index contributed by atoms with van der Waals surface area (Å²) in [6.45, 7) is 1.93. The Morgan fingerprint density at radius 2 is 2.18 bits per heavy atom. The molecule has 3 aromatic rings. The van der Waals surface area contributed by atoms with E-state index in [0.717, 1.165) is 34.7 Å². The minimum absolute atomic E-state index is 0.369. The quantitative estimate of drug-likeness (QED) is 0.707. The molecule has 0 bridgehead atoms. The molecule has 2 aromatic heterocycles. The maximum Gasteiger partial charge on any atom is 0.140 e. The Hall–Kier alpha value is -3.20. The first-order valence-electron chi connectivity index (χ1n) is 8.91. The van der Waals surface area contributed by atoms with Gasteiger partial charge in [-0.05, 0) is 29.8 Å². The Morgan fingerprint density at radius 1 is 1.25 bits per heavy atom. The molecule has 142 valence electrons. The van der Waals surface area contributed by atoms with Gasteiger partial charge in [0.05, 0.1) is 53.3 Å². The third kappa shape index (κ3) is 2.93. The second-order valence-electron chi connectivity index (χ2n) is 6.76. The lowest BCUT2D eigenvalue weighted by Crippen LogP contribution is -2.22. The molecular weight excluding hydrogens is 376 g/mol. The average Bonchev–Trinajstić information content (AvgIpc) is 3.39. The molecule has 0 aliphatic carbocycles. The van der Waals surface area contributed by atoms with Gasteiger partial charge in [0, 0.05) is 18.2 Å². The van der Waals surface area contributed by atoms with Crippen LogP contribution >= 0.6 is 0 Å². The number of hydrogen-bond donors (Lipinski definition) is 2.